The first-order valence-corrected chi connectivity index (χ1v) is 3.80. The molecule has 2 heterocycles. The van der Waals surface area contributed by atoms with Crippen LogP contribution in [0.5, 0.6) is 5.88 Å². The Morgan fingerprint density at radius 2 is 2.29 bits per heavy atom. The summed E-state index contributed by atoms with van der Waals surface area (Å²) in [7, 11) is 0. The molecule has 0 atom stereocenters. The number of hydrogen-bond acceptors (Lipinski definition) is 5. The smallest absolute Gasteiger partial charge is 0.427 e. The van der Waals surface area contributed by atoms with Gasteiger partial charge in [0.1, 0.15) is 5.82 Å². The first-order valence-electron chi connectivity index (χ1n) is 3.80. The van der Waals surface area contributed by atoms with Gasteiger partial charge in [0.2, 0.25) is 5.88 Å². The zero-order valence-electron chi connectivity index (χ0n) is 7.04. The number of aromatic hydroxyl groups is 1. The van der Waals surface area contributed by atoms with E-state index in [0.29, 0.717) is 5.69 Å². The summed E-state index contributed by atoms with van der Waals surface area (Å²) in [5, 5.41) is 9.25. The number of rotatable bonds is 1. The minimum atomic E-state index is -0.695. The molecule has 0 bridgehead atoms. The molecule has 0 unspecified atom stereocenters. The standard InChI is InChI=1S/C8H7N3O3/c9-5-1-2-6(10-3-5)11-7(12)4-14-8(11)13/h1-4,12H,9H2. The molecule has 0 aliphatic heterocycles. The van der Waals surface area contributed by atoms with E-state index in [1.165, 1.54) is 12.3 Å². The van der Waals surface area contributed by atoms with Crippen molar-refractivity contribution in [3.63, 3.8) is 0 Å². The Labute approximate surface area is 78.2 Å². The molecule has 6 nitrogen and oxygen atoms in total. The van der Waals surface area contributed by atoms with Gasteiger partial charge in [-0.15, -0.1) is 0 Å². The SMILES string of the molecule is Nc1ccc(-n2c(O)coc2=O)nc1. The van der Waals surface area contributed by atoms with E-state index < -0.39 is 5.76 Å². The number of pyridine rings is 1. The molecule has 0 saturated heterocycles. The molecule has 0 aliphatic rings. The van der Waals surface area contributed by atoms with Gasteiger partial charge >= 0.3 is 5.76 Å². The van der Waals surface area contributed by atoms with Gasteiger partial charge in [-0.1, -0.05) is 0 Å². The molecule has 2 aromatic heterocycles. The third-order valence-electron chi connectivity index (χ3n) is 1.68. The van der Waals surface area contributed by atoms with E-state index in [1.54, 1.807) is 6.07 Å². The van der Waals surface area contributed by atoms with Gasteiger partial charge in [0, 0.05) is 0 Å². The summed E-state index contributed by atoms with van der Waals surface area (Å²) < 4.78 is 5.40. The Hall–Kier alpha value is -2.24. The van der Waals surface area contributed by atoms with Gasteiger partial charge in [-0.3, -0.25) is 0 Å². The maximum absolute atomic E-state index is 11.1. The summed E-state index contributed by atoms with van der Waals surface area (Å²) in [4.78, 5) is 15.0. The lowest BCUT2D eigenvalue weighted by molar-refractivity contribution is 0.437. The van der Waals surface area contributed by atoms with Gasteiger partial charge in [0.05, 0.1) is 11.9 Å². The van der Waals surface area contributed by atoms with Crippen molar-refractivity contribution in [2.24, 2.45) is 0 Å². The molecule has 0 aliphatic carbocycles. The maximum Gasteiger partial charge on any atom is 0.427 e. The monoisotopic (exact) mass is 193 g/mol. The first-order chi connectivity index (χ1) is 6.68. The maximum atomic E-state index is 11.1. The van der Waals surface area contributed by atoms with Crippen LogP contribution in [-0.2, 0) is 0 Å². The van der Waals surface area contributed by atoms with Crippen molar-refractivity contribution < 1.29 is 9.52 Å². The zero-order chi connectivity index (χ0) is 10.1. The average Bonchev–Trinajstić information content (AvgIpc) is 2.49. The molecule has 2 aromatic rings. The fourth-order valence-corrected chi connectivity index (χ4v) is 1.04. The Balaban J connectivity index is 2.60. The van der Waals surface area contributed by atoms with E-state index >= 15 is 0 Å². The molecule has 0 fully saturated rings. The van der Waals surface area contributed by atoms with Gasteiger partial charge in [0.15, 0.2) is 6.26 Å². The van der Waals surface area contributed by atoms with Gasteiger partial charge in [-0.25, -0.2) is 9.78 Å². The second kappa shape index (κ2) is 2.91. The van der Waals surface area contributed by atoms with Crippen LogP contribution < -0.4 is 11.5 Å². The van der Waals surface area contributed by atoms with Crippen molar-refractivity contribution in [1.29, 1.82) is 0 Å². The topological polar surface area (TPSA) is 94.3 Å². The Morgan fingerprint density at radius 3 is 2.79 bits per heavy atom. The average molecular weight is 193 g/mol. The molecule has 0 spiro atoms. The molecule has 14 heavy (non-hydrogen) atoms. The van der Waals surface area contributed by atoms with Crippen LogP contribution in [0, 0.1) is 0 Å². The predicted octanol–water partition coefficient (Wildman–Crippen LogP) is 0.113. The number of hydrogen-bond donors (Lipinski definition) is 2. The van der Waals surface area contributed by atoms with Crippen LogP contribution >= 0.6 is 0 Å². The molecule has 2 rings (SSSR count). The van der Waals surface area contributed by atoms with E-state index in [1.807, 2.05) is 0 Å². The summed E-state index contributed by atoms with van der Waals surface area (Å²) >= 11 is 0. The molecule has 0 amide bonds. The number of oxazole rings is 1. The lowest BCUT2D eigenvalue weighted by atomic mass is 10.4. The van der Waals surface area contributed by atoms with E-state index in [9.17, 15) is 9.90 Å². The van der Waals surface area contributed by atoms with Crippen LogP contribution in [0.25, 0.3) is 5.82 Å². The van der Waals surface area contributed by atoms with Crippen LogP contribution in [0.1, 0.15) is 0 Å². The molecule has 72 valence electrons. The number of nitrogens with two attached hydrogens (primary N) is 1. The van der Waals surface area contributed by atoms with Crippen molar-refractivity contribution in [3.8, 4) is 11.7 Å². The highest BCUT2D eigenvalue weighted by Crippen LogP contribution is 2.12. The van der Waals surface area contributed by atoms with Crippen LogP contribution in [0.15, 0.2) is 33.8 Å². The summed E-state index contributed by atoms with van der Waals surface area (Å²) in [6.45, 7) is 0. The molecule has 3 N–H and O–H groups in total. The van der Waals surface area contributed by atoms with E-state index in [-0.39, 0.29) is 11.7 Å². The largest absolute Gasteiger partial charge is 0.492 e. The molecule has 0 aromatic carbocycles. The number of nitrogen functional groups attached to an aromatic ring is 1. The van der Waals surface area contributed by atoms with Crippen molar-refractivity contribution in [1.82, 2.24) is 9.55 Å². The number of anilines is 1. The van der Waals surface area contributed by atoms with E-state index in [2.05, 4.69) is 9.40 Å². The van der Waals surface area contributed by atoms with Crippen molar-refractivity contribution in [2.45, 2.75) is 0 Å². The fraction of sp³-hybridized carbons (Fsp3) is 0. The Bertz CT molecular complexity index is 497. The molecule has 0 saturated carbocycles. The Kier molecular flexibility index (Phi) is 1.74. The van der Waals surface area contributed by atoms with Crippen molar-refractivity contribution >= 4 is 5.69 Å². The zero-order valence-corrected chi connectivity index (χ0v) is 7.04. The predicted molar refractivity (Wildman–Crippen MR) is 48.2 cm³/mol. The molecule has 6 heteroatoms. The summed E-state index contributed by atoms with van der Waals surface area (Å²) in [5.41, 5.74) is 5.90. The summed E-state index contributed by atoms with van der Waals surface area (Å²) in [6.07, 6.45) is 2.33. The highest BCUT2D eigenvalue weighted by molar-refractivity contribution is 5.39. The third kappa shape index (κ3) is 1.22. The molecular formula is C8H7N3O3. The second-order valence-electron chi connectivity index (χ2n) is 2.64. The summed E-state index contributed by atoms with van der Waals surface area (Å²) in [5.74, 6) is -0.734. The van der Waals surface area contributed by atoms with Gasteiger partial charge in [0.25, 0.3) is 0 Å². The second-order valence-corrected chi connectivity index (χ2v) is 2.64. The van der Waals surface area contributed by atoms with Crippen molar-refractivity contribution in [2.75, 3.05) is 5.73 Å². The van der Waals surface area contributed by atoms with Crippen LogP contribution in [0.4, 0.5) is 5.69 Å². The minimum Gasteiger partial charge on any atom is -0.492 e. The normalized spacial score (nSPS) is 10.3. The molecular weight excluding hydrogens is 186 g/mol. The van der Waals surface area contributed by atoms with E-state index in [4.69, 9.17) is 5.73 Å². The fourth-order valence-electron chi connectivity index (χ4n) is 1.04. The van der Waals surface area contributed by atoms with Crippen LogP contribution in [0.3, 0.4) is 0 Å². The highest BCUT2D eigenvalue weighted by Gasteiger charge is 2.09. The summed E-state index contributed by atoms with van der Waals surface area (Å²) in [6, 6.07) is 3.08. The van der Waals surface area contributed by atoms with Gasteiger partial charge in [-0.05, 0) is 12.1 Å². The number of aromatic nitrogens is 2. The Morgan fingerprint density at radius 1 is 1.50 bits per heavy atom. The quantitative estimate of drug-likeness (QED) is 0.670. The minimum absolute atomic E-state index is 0.260. The van der Waals surface area contributed by atoms with E-state index in [0.717, 1.165) is 10.8 Å². The number of nitrogens with zero attached hydrogens (tertiary/aromatic N) is 2. The third-order valence-corrected chi connectivity index (χ3v) is 1.68. The van der Waals surface area contributed by atoms with Crippen molar-refractivity contribution in [3.05, 3.63) is 35.1 Å². The lowest BCUT2D eigenvalue weighted by Gasteiger charge is -1.99. The highest BCUT2D eigenvalue weighted by atomic mass is 16.4. The van der Waals surface area contributed by atoms with Gasteiger partial charge in [-0.2, -0.15) is 4.57 Å². The van der Waals surface area contributed by atoms with Crippen LogP contribution in [0.2, 0.25) is 0 Å². The van der Waals surface area contributed by atoms with Gasteiger partial charge < -0.3 is 15.3 Å². The van der Waals surface area contributed by atoms with Crippen LogP contribution in [-0.4, -0.2) is 14.7 Å². The molecule has 0 radical (unpaired) electrons. The lowest BCUT2D eigenvalue weighted by Crippen LogP contribution is -2.12. The first kappa shape index (κ1) is 8.36.